The number of benzene rings is 4. The van der Waals surface area contributed by atoms with E-state index in [0.717, 1.165) is 0 Å². The van der Waals surface area contributed by atoms with Gasteiger partial charge in [0.1, 0.15) is 11.5 Å². The highest BCUT2D eigenvalue weighted by molar-refractivity contribution is 7.91. The van der Waals surface area contributed by atoms with E-state index in [4.69, 9.17) is 38.5 Å². The maximum atomic E-state index is 14.7. The van der Waals surface area contributed by atoms with Crippen LogP contribution in [0.5, 0.6) is 28.7 Å². The van der Waals surface area contributed by atoms with Crippen molar-refractivity contribution in [2.75, 3.05) is 47.4 Å². The second-order valence-corrected chi connectivity index (χ2v) is 13.8. The molecule has 1 heterocycles. The Morgan fingerprint density at radius 2 is 1.57 bits per heavy atom. The average Bonchev–Trinajstić information content (AvgIpc) is 3.57. The van der Waals surface area contributed by atoms with Gasteiger partial charge in [-0.15, -0.1) is 0 Å². The molecule has 0 fully saturated rings. The van der Waals surface area contributed by atoms with Gasteiger partial charge in [0.05, 0.1) is 45.7 Å². The molecule has 0 saturated carbocycles. The van der Waals surface area contributed by atoms with Crippen LogP contribution in [0.2, 0.25) is 0 Å². The third kappa shape index (κ3) is 8.38. The maximum absolute atomic E-state index is 14.7. The van der Waals surface area contributed by atoms with E-state index in [2.05, 4.69) is 5.32 Å². The Morgan fingerprint density at radius 3 is 2.20 bits per heavy atom. The van der Waals surface area contributed by atoms with E-state index in [-0.39, 0.29) is 30.4 Å². The van der Waals surface area contributed by atoms with Crippen molar-refractivity contribution in [3.63, 3.8) is 0 Å². The Morgan fingerprint density at radius 1 is 0.863 bits per heavy atom. The first-order valence-corrected chi connectivity index (χ1v) is 17.9. The average molecular weight is 719 g/mol. The Labute approximate surface area is 297 Å². The molecule has 0 radical (unpaired) electrons. The van der Waals surface area contributed by atoms with Crippen molar-refractivity contribution in [1.29, 1.82) is 0 Å². The van der Waals surface area contributed by atoms with Gasteiger partial charge in [-0.1, -0.05) is 30.3 Å². The molecule has 1 amide bonds. The summed E-state index contributed by atoms with van der Waals surface area (Å²) in [4.78, 5) is 19.8. The van der Waals surface area contributed by atoms with Gasteiger partial charge in [-0.05, 0) is 71.8 Å². The molecular formula is C38H42N2O10S. The Balaban J connectivity index is 1.58. The van der Waals surface area contributed by atoms with Gasteiger partial charge in [-0.25, -0.2) is 13.4 Å². The fourth-order valence-electron chi connectivity index (χ4n) is 5.78. The summed E-state index contributed by atoms with van der Waals surface area (Å²) in [5.74, 6) is 1.54. The van der Waals surface area contributed by atoms with Crippen LogP contribution >= 0.6 is 0 Å². The van der Waals surface area contributed by atoms with Crippen LogP contribution in [-0.2, 0) is 25.9 Å². The number of rotatable bonds is 17. The molecule has 270 valence electrons. The molecule has 0 aliphatic carbocycles. The van der Waals surface area contributed by atoms with Crippen LogP contribution in [0.3, 0.4) is 0 Å². The lowest BCUT2D eigenvalue weighted by Crippen LogP contribution is -2.49. The zero-order valence-corrected chi connectivity index (χ0v) is 29.8. The number of carbonyl (C=O) groups is 1. The van der Waals surface area contributed by atoms with Gasteiger partial charge in [0.25, 0.3) is 5.91 Å². The molecule has 12 nitrogen and oxygen atoms in total. The quantitative estimate of drug-likeness (QED) is 0.144. The number of nitrogens with one attached hydrogen (secondary N) is 1. The van der Waals surface area contributed by atoms with Crippen LogP contribution in [0, 0.1) is 0 Å². The van der Waals surface area contributed by atoms with E-state index >= 15 is 0 Å². The van der Waals surface area contributed by atoms with Crippen molar-refractivity contribution in [3.8, 4) is 28.7 Å². The monoisotopic (exact) mass is 718 g/mol. The fourth-order valence-corrected chi connectivity index (χ4v) is 7.17. The van der Waals surface area contributed by atoms with Crippen LogP contribution < -0.4 is 29.0 Å². The molecule has 0 aromatic heterocycles. The van der Waals surface area contributed by atoms with Gasteiger partial charge in [-0.3, -0.25) is 4.79 Å². The molecule has 0 unspecified atom stereocenters. The number of amides is 1. The Hall–Kier alpha value is -5.27. The van der Waals surface area contributed by atoms with Gasteiger partial charge in [0.2, 0.25) is 11.6 Å². The first-order valence-electron chi connectivity index (χ1n) is 16.3. The van der Waals surface area contributed by atoms with E-state index in [9.17, 15) is 13.2 Å². The van der Waals surface area contributed by atoms with Crippen molar-refractivity contribution in [3.05, 3.63) is 108 Å². The predicted octanol–water partition coefficient (Wildman–Crippen LogP) is 4.92. The van der Waals surface area contributed by atoms with Gasteiger partial charge in [0.15, 0.2) is 33.0 Å². The van der Waals surface area contributed by atoms with Crippen LogP contribution in [0.4, 0.5) is 0 Å². The van der Waals surface area contributed by atoms with E-state index in [0.29, 0.717) is 58.5 Å². The third-order valence-electron chi connectivity index (χ3n) is 8.46. The normalized spacial score (nSPS) is 16.8. The summed E-state index contributed by atoms with van der Waals surface area (Å²) in [7, 11) is 2.19. The van der Waals surface area contributed by atoms with E-state index < -0.39 is 33.1 Å². The van der Waals surface area contributed by atoms with Crippen LogP contribution in [0.25, 0.3) is 0 Å². The lowest BCUT2D eigenvalue weighted by atomic mass is 9.85. The highest BCUT2D eigenvalue weighted by atomic mass is 32.2. The number of methoxy groups -OCH3 is 4. The van der Waals surface area contributed by atoms with E-state index in [1.165, 1.54) is 40.6 Å². The number of aliphatic hydroxyl groups is 1. The number of ether oxygens (including phenoxy) is 6. The summed E-state index contributed by atoms with van der Waals surface area (Å²) in [6.07, 6.45) is -0.757. The van der Waals surface area contributed by atoms with E-state index in [1.54, 1.807) is 78.9 Å². The summed E-state index contributed by atoms with van der Waals surface area (Å²) in [5, 5.41) is 12.1. The smallest absolute Gasteiger partial charge is 0.252 e. The first kappa shape index (κ1) is 37.0. The van der Waals surface area contributed by atoms with Crippen molar-refractivity contribution >= 4 is 21.6 Å². The highest BCUT2D eigenvalue weighted by Crippen LogP contribution is 2.44. The number of hydrogen-bond donors (Lipinski definition) is 2. The molecule has 1 aliphatic heterocycles. The van der Waals surface area contributed by atoms with Crippen molar-refractivity contribution in [2.24, 2.45) is 4.99 Å². The van der Waals surface area contributed by atoms with Crippen molar-refractivity contribution in [2.45, 2.75) is 35.9 Å². The zero-order valence-electron chi connectivity index (χ0n) is 29.0. The molecule has 5 rings (SSSR count). The molecule has 1 aliphatic rings. The number of hydrogen-bond acceptors (Lipinski definition) is 11. The second-order valence-electron chi connectivity index (χ2n) is 11.7. The summed E-state index contributed by atoms with van der Waals surface area (Å²) >= 11 is 0. The van der Waals surface area contributed by atoms with Gasteiger partial charge in [0, 0.05) is 31.6 Å². The fraction of sp³-hybridized carbons (Fsp3) is 0.316. The van der Waals surface area contributed by atoms with E-state index in [1.807, 2.05) is 0 Å². The van der Waals surface area contributed by atoms with Crippen LogP contribution in [0.1, 0.15) is 35.6 Å². The Bertz CT molecular complexity index is 1910. The maximum Gasteiger partial charge on any atom is 0.252 e. The molecule has 4 aromatic carbocycles. The second kappa shape index (κ2) is 16.6. The van der Waals surface area contributed by atoms with Crippen molar-refractivity contribution < 1.29 is 46.7 Å². The predicted molar refractivity (Wildman–Crippen MR) is 191 cm³/mol. The molecular weight excluding hydrogens is 676 g/mol. The van der Waals surface area contributed by atoms with Crippen LogP contribution in [-0.4, -0.2) is 78.3 Å². The molecule has 2 N–H and O–H groups in total. The SMILES string of the molecule is COc1cccc([C@H]2OC(c3ccc(OCCCO)cc3)=N[C@@]2(CCS(=O)(=O)c2ccccc2)C(=O)NCc2cc(OC)c(OC)c(OC)c2)c1. The summed E-state index contributed by atoms with van der Waals surface area (Å²) < 4.78 is 61.5. The molecule has 0 bridgehead atoms. The number of aliphatic imine (C=N–C) groups is 1. The largest absolute Gasteiger partial charge is 0.497 e. The number of nitrogens with zero attached hydrogens (tertiary/aromatic N) is 1. The van der Waals surface area contributed by atoms with Gasteiger partial charge >= 0.3 is 0 Å². The number of carbonyl (C=O) groups excluding carboxylic acids is 1. The highest BCUT2D eigenvalue weighted by Gasteiger charge is 2.53. The first-order chi connectivity index (χ1) is 24.7. The minimum absolute atomic E-state index is 0.0120. The molecule has 0 saturated heterocycles. The van der Waals surface area contributed by atoms with Gasteiger partial charge < -0.3 is 38.8 Å². The standard InChI is InChI=1S/C38H42N2O10S/c1-45-30-11-8-10-28(24-30)35-38(18-21-51(43,44)31-12-6-5-7-13-31,40-36(50-35)27-14-16-29(17-15-27)49-20-9-19-41)37(42)39-25-26-22-32(46-2)34(48-4)33(23-26)47-3/h5-8,10-17,22-24,35,41H,9,18-21,25H2,1-4H3,(H,39,42)/t35-,38-/m1/s1. The summed E-state index contributed by atoms with van der Waals surface area (Å²) in [5.41, 5.74) is 0.0305. The van der Waals surface area contributed by atoms with Crippen molar-refractivity contribution in [1.82, 2.24) is 5.32 Å². The minimum atomic E-state index is -3.84. The number of sulfone groups is 1. The minimum Gasteiger partial charge on any atom is -0.497 e. The molecule has 51 heavy (non-hydrogen) atoms. The van der Waals surface area contributed by atoms with Gasteiger partial charge in [-0.2, -0.15) is 0 Å². The number of aliphatic hydroxyl groups excluding tert-OH is 1. The van der Waals surface area contributed by atoms with Crippen LogP contribution in [0.15, 0.2) is 101 Å². The lowest BCUT2D eigenvalue weighted by molar-refractivity contribution is -0.129. The summed E-state index contributed by atoms with van der Waals surface area (Å²) in [6.45, 7) is 0.382. The zero-order chi connectivity index (χ0) is 36.4. The Kier molecular flexibility index (Phi) is 12.1. The molecule has 2 atom stereocenters. The molecule has 13 heteroatoms. The third-order valence-corrected chi connectivity index (χ3v) is 10.2. The molecule has 4 aromatic rings. The lowest BCUT2D eigenvalue weighted by Gasteiger charge is -2.31. The molecule has 0 spiro atoms. The topological polar surface area (TPSA) is 151 Å². The summed E-state index contributed by atoms with van der Waals surface area (Å²) in [6, 6.07) is 25.6.